The Bertz CT molecular complexity index is 815. The Morgan fingerprint density at radius 2 is 2.19 bits per heavy atom. The second-order valence-corrected chi connectivity index (χ2v) is 7.63. The van der Waals surface area contributed by atoms with Gasteiger partial charge in [-0.2, -0.15) is 0 Å². The Hall–Kier alpha value is -2.13. The van der Waals surface area contributed by atoms with Crippen molar-refractivity contribution in [3.63, 3.8) is 0 Å². The fourth-order valence-corrected chi connectivity index (χ4v) is 4.46. The van der Waals surface area contributed by atoms with Gasteiger partial charge in [0.2, 0.25) is 11.9 Å². The molecule has 1 fully saturated rings. The van der Waals surface area contributed by atoms with Crippen LogP contribution in [0, 0.1) is 0 Å². The number of aryl methyl sites for hydroxylation is 1. The van der Waals surface area contributed by atoms with Crippen LogP contribution in [0.5, 0.6) is 0 Å². The molecule has 1 spiro atoms. The van der Waals surface area contributed by atoms with Crippen LogP contribution >= 0.6 is 11.8 Å². The minimum absolute atomic E-state index is 0.131. The minimum atomic E-state index is -0.436. The molecule has 1 saturated heterocycles. The van der Waals surface area contributed by atoms with Crippen molar-refractivity contribution < 1.29 is 9.53 Å². The molecule has 2 aromatic heterocycles. The number of amides is 1. The summed E-state index contributed by atoms with van der Waals surface area (Å²) < 4.78 is 8.06. The lowest BCUT2D eigenvalue weighted by molar-refractivity contribution is -0.138. The Morgan fingerprint density at radius 1 is 1.38 bits per heavy atom. The summed E-state index contributed by atoms with van der Waals surface area (Å²) in [7, 11) is 1.93. The zero-order valence-corrected chi connectivity index (χ0v) is 15.5. The summed E-state index contributed by atoms with van der Waals surface area (Å²) >= 11 is 1.47. The third-order valence-corrected chi connectivity index (χ3v) is 6.13. The summed E-state index contributed by atoms with van der Waals surface area (Å²) in [5, 5.41) is 0.851. The van der Waals surface area contributed by atoms with Crippen LogP contribution in [0.3, 0.4) is 0 Å². The number of fused-ring (bicyclic) bond motifs is 2. The van der Waals surface area contributed by atoms with Crippen molar-refractivity contribution in [2.24, 2.45) is 7.05 Å². The molecule has 138 valence electrons. The maximum absolute atomic E-state index is 12.6. The van der Waals surface area contributed by atoms with Crippen molar-refractivity contribution in [2.75, 3.05) is 31.2 Å². The van der Waals surface area contributed by atoms with Crippen LogP contribution in [0.15, 0.2) is 23.7 Å². The lowest BCUT2D eigenvalue weighted by Crippen LogP contribution is -2.49. The van der Waals surface area contributed by atoms with E-state index in [2.05, 4.69) is 15.0 Å². The normalized spacial score (nSPS) is 18.7. The molecule has 4 rings (SSSR count). The third-order valence-electron chi connectivity index (χ3n) is 5.09. The summed E-state index contributed by atoms with van der Waals surface area (Å²) in [5.74, 6) is 0.800. The quantitative estimate of drug-likeness (QED) is 0.799. The number of nitrogens with two attached hydrogens (primary N) is 1. The standard InChI is InChI=1S/C17H22N6O2S/c1-22-8-5-19-16(22)26-11-13(24)23-6-3-17(4-7-23)14-12(2-9-25-17)10-20-15(18)21-14/h5,8,10H,2-4,6-7,9,11H2,1H3,(H2,18,20,21). The van der Waals surface area contributed by atoms with Crippen LogP contribution in [0.2, 0.25) is 0 Å². The number of carbonyl (C=O) groups is 1. The van der Waals surface area contributed by atoms with Crippen molar-refractivity contribution >= 4 is 23.6 Å². The first kappa shape index (κ1) is 17.3. The van der Waals surface area contributed by atoms with E-state index in [4.69, 9.17) is 10.5 Å². The smallest absolute Gasteiger partial charge is 0.233 e. The molecule has 2 aliphatic heterocycles. The highest BCUT2D eigenvalue weighted by atomic mass is 32.2. The van der Waals surface area contributed by atoms with Gasteiger partial charge in [0.05, 0.1) is 18.1 Å². The number of imidazole rings is 1. The highest BCUT2D eigenvalue weighted by molar-refractivity contribution is 7.99. The van der Waals surface area contributed by atoms with Gasteiger partial charge in [-0.15, -0.1) is 0 Å². The summed E-state index contributed by atoms with van der Waals surface area (Å²) in [6.07, 6.45) is 7.69. The van der Waals surface area contributed by atoms with Gasteiger partial charge in [0.25, 0.3) is 0 Å². The predicted octanol–water partition coefficient (Wildman–Crippen LogP) is 0.975. The van der Waals surface area contributed by atoms with Crippen LogP contribution < -0.4 is 5.73 Å². The van der Waals surface area contributed by atoms with Gasteiger partial charge in [-0.3, -0.25) is 4.79 Å². The Balaban J connectivity index is 1.41. The Labute approximate surface area is 156 Å². The first-order chi connectivity index (χ1) is 12.6. The average Bonchev–Trinajstić information content (AvgIpc) is 3.06. The van der Waals surface area contributed by atoms with Gasteiger partial charge in [-0.05, 0) is 24.8 Å². The zero-order chi connectivity index (χ0) is 18.1. The molecule has 0 atom stereocenters. The number of aromatic nitrogens is 4. The molecule has 26 heavy (non-hydrogen) atoms. The molecule has 2 N–H and O–H groups in total. The SMILES string of the molecule is Cn1ccnc1SCC(=O)N1CCC2(CC1)OCCc1cnc(N)nc12. The fraction of sp³-hybridized carbons (Fsp3) is 0.529. The van der Waals surface area contributed by atoms with E-state index >= 15 is 0 Å². The molecule has 1 amide bonds. The number of rotatable bonds is 3. The van der Waals surface area contributed by atoms with E-state index in [9.17, 15) is 4.79 Å². The first-order valence-electron chi connectivity index (χ1n) is 8.71. The number of hydrogen-bond acceptors (Lipinski definition) is 7. The van der Waals surface area contributed by atoms with E-state index in [-0.39, 0.29) is 11.9 Å². The number of piperidine rings is 1. The highest BCUT2D eigenvalue weighted by Gasteiger charge is 2.43. The third kappa shape index (κ3) is 3.16. The number of nitrogens with zero attached hydrogens (tertiary/aromatic N) is 5. The number of likely N-dealkylation sites (tertiary alicyclic amines) is 1. The van der Waals surface area contributed by atoms with Crippen molar-refractivity contribution in [1.82, 2.24) is 24.4 Å². The topological polar surface area (TPSA) is 99.2 Å². The van der Waals surface area contributed by atoms with E-state index in [1.54, 1.807) is 6.20 Å². The molecular formula is C17H22N6O2S. The van der Waals surface area contributed by atoms with Crippen molar-refractivity contribution in [2.45, 2.75) is 30.0 Å². The number of ether oxygens (including phenoxy) is 1. The second kappa shape index (κ2) is 6.88. The summed E-state index contributed by atoms with van der Waals surface area (Å²) in [4.78, 5) is 27.3. The van der Waals surface area contributed by atoms with Gasteiger partial charge in [-0.1, -0.05) is 11.8 Å². The summed E-state index contributed by atoms with van der Waals surface area (Å²) in [6, 6.07) is 0. The van der Waals surface area contributed by atoms with Crippen molar-refractivity contribution in [3.8, 4) is 0 Å². The minimum Gasteiger partial charge on any atom is -0.368 e. The molecule has 0 unspecified atom stereocenters. The van der Waals surface area contributed by atoms with Crippen molar-refractivity contribution in [1.29, 1.82) is 0 Å². The van der Waals surface area contributed by atoms with Crippen LogP contribution in [-0.4, -0.2) is 55.8 Å². The molecule has 0 saturated carbocycles. The molecule has 4 heterocycles. The molecule has 2 aromatic rings. The maximum Gasteiger partial charge on any atom is 0.233 e. The molecule has 9 heteroatoms. The van der Waals surface area contributed by atoms with E-state index in [0.29, 0.717) is 25.4 Å². The molecule has 0 aromatic carbocycles. The number of anilines is 1. The highest BCUT2D eigenvalue weighted by Crippen LogP contribution is 2.40. The van der Waals surface area contributed by atoms with Gasteiger partial charge in [-0.25, -0.2) is 15.0 Å². The van der Waals surface area contributed by atoms with Crippen LogP contribution in [-0.2, 0) is 28.6 Å². The van der Waals surface area contributed by atoms with E-state index < -0.39 is 5.60 Å². The number of nitrogen functional groups attached to an aromatic ring is 1. The number of thioether (sulfide) groups is 1. The monoisotopic (exact) mass is 374 g/mol. The molecule has 0 radical (unpaired) electrons. The largest absolute Gasteiger partial charge is 0.368 e. The molecule has 0 bridgehead atoms. The van der Waals surface area contributed by atoms with Crippen molar-refractivity contribution in [3.05, 3.63) is 29.8 Å². The van der Waals surface area contributed by atoms with E-state index in [1.807, 2.05) is 28.9 Å². The van der Waals surface area contributed by atoms with Gasteiger partial charge in [0.1, 0.15) is 5.60 Å². The number of hydrogen-bond donors (Lipinski definition) is 1. The van der Waals surface area contributed by atoms with Crippen LogP contribution in [0.1, 0.15) is 24.1 Å². The van der Waals surface area contributed by atoms with Gasteiger partial charge < -0.3 is 19.9 Å². The van der Waals surface area contributed by atoms with Gasteiger partial charge in [0.15, 0.2) is 5.16 Å². The van der Waals surface area contributed by atoms with E-state index in [0.717, 1.165) is 35.7 Å². The first-order valence-corrected chi connectivity index (χ1v) is 9.70. The fourth-order valence-electron chi connectivity index (χ4n) is 3.63. The lowest BCUT2D eigenvalue weighted by Gasteiger charge is -2.44. The molecular weight excluding hydrogens is 352 g/mol. The van der Waals surface area contributed by atoms with Gasteiger partial charge in [0, 0.05) is 38.7 Å². The molecule has 8 nitrogen and oxygen atoms in total. The summed E-state index contributed by atoms with van der Waals surface area (Å²) in [6.45, 7) is 1.97. The molecule has 2 aliphatic rings. The Morgan fingerprint density at radius 3 is 2.92 bits per heavy atom. The Kier molecular flexibility index (Phi) is 4.58. The lowest BCUT2D eigenvalue weighted by atomic mass is 9.83. The zero-order valence-electron chi connectivity index (χ0n) is 14.7. The van der Waals surface area contributed by atoms with Gasteiger partial charge >= 0.3 is 0 Å². The van der Waals surface area contributed by atoms with E-state index in [1.165, 1.54) is 11.8 Å². The second-order valence-electron chi connectivity index (χ2n) is 6.68. The number of carbonyl (C=O) groups excluding carboxylic acids is 1. The van der Waals surface area contributed by atoms with Crippen LogP contribution in [0.25, 0.3) is 0 Å². The predicted molar refractivity (Wildman–Crippen MR) is 97.5 cm³/mol. The summed E-state index contributed by atoms with van der Waals surface area (Å²) in [5.41, 5.74) is 7.37. The maximum atomic E-state index is 12.6. The molecule has 0 aliphatic carbocycles. The average molecular weight is 374 g/mol. The van der Waals surface area contributed by atoms with Crippen LogP contribution in [0.4, 0.5) is 5.95 Å².